The van der Waals surface area contributed by atoms with Crippen LogP contribution >= 0.6 is 23.5 Å². The van der Waals surface area contributed by atoms with Gasteiger partial charge in [-0.05, 0) is 13.8 Å². The number of hydrogen-bond acceptors (Lipinski definition) is 10. The predicted octanol–water partition coefficient (Wildman–Crippen LogP) is 0.591. The Labute approximate surface area is 218 Å². The lowest BCUT2D eigenvalue weighted by molar-refractivity contribution is -0.0166. The highest BCUT2D eigenvalue weighted by atomic mass is 32.2. The predicted molar refractivity (Wildman–Crippen MR) is 152 cm³/mol. The molecule has 0 aromatic heterocycles. The molecule has 34 heavy (non-hydrogen) atoms. The van der Waals surface area contributed by atoms with Crippen molar-refractivity contribution in [2.24, 2.45) is 0 Å². The van der Waals surface area contributed by atoms with Gasteiger partial charge in [-0.15, -0.1) is 0 Å². The lowest BCUT2D eigenvalue weighted by Crippen LogP contribution is -2.41. The van der Waals surface area contributed by atoms with Crippen LogP contribution in [0.5, 0.6) is 0 Å². The number of piperazine rings is 1. The highest BCUT2D eigenvalue weighted by Gasteiger charge is 2.13. The standard InChI is InChI=1S/C6H13NO.C6H13NS.C4H10N2.C4H9NO.C4H9NS/c2*1-5-3-7-4-6(2)8-5;1-2-6-4-3-5-1;2*1-3-6-4-2-5-1/h2*5-7H,3-4H2,1-2H3;5-6H,1-4H2;2*5H,1-4H2/t2*5-,6+;;;. The normalized spacial score (nSPS) is 31.4. The summed E-state index contributed by atoms with van der Waals surface area (Å²) >= 11 is 4.11. The summed E-state index contributed by atoms with van der Waals surface area (Å²) in [6, 6.07) is 0. The zero-order chi connectivity index (χ0) is 24.7. The Hall–Kier alpha value is 0.380. The molecule has 0 aromatic rings. The van der Waals surface area contributed by atoms with E-state index in [1.54, 1.807) is 0 Å². The van der Waals surface area contributed by atoms with Crippen LogP contribution in [-0.4, -0.2) is 126 Å². The maximum Gasteiger partial charge on any atom is 0.0675 e. The molecule has 5 aliphatic rings. The molecule has 0 aromatic carbocycles. The van der Waals surface area contributed by atoms with Crippen LogP contribution in [0.1, 0.15) is 27.7 Å². The fourth-order valence-electron chi connectivity index (χ4n) is 3.60. The minimum Gasteiger partial charge on any atom is -0.379 e. The molecule has 0 radical (unpaired) electrons. The van der Waals surface area contributed by atoms with Crippen molar-refractivity contribution < 1.29 is 9.47 Å². The second-order valence-corrected chi connectivity index (χ2v) is 12.2. The van der Waals surface area contributed by atoms with E-state index in [4.69, 9.17) is 9.47 Å². The third kappa shape index (κ3) is 21.6. The van der Waals surface area contributed by atoms with Gasteiger partial charge in [0.2, 0.25) is 0 Å². The zero-order valence-electron chi connectivity index (χ0n) is 22.3. The minimum absolute atomic E-state index is 0.402. The number of rotatable bonds is 0. The van der Waals surface area contributed by atoms with E-state index in [2.05, 4.69) is 71.4 Å². The summed E-state index contributed by atoms with van der Waals surface area (Å²) in [5, 5.41) is 21.1. The lowest BCUT2D eigenvalue weighted by atomic mass is 10.3. The molecule has 0 spiro atoms. The fourth-order valence-corrected chi connectivity index (χ4v) is 5.60. The van der Waals surface area contributed by atoms with E-state index in [-0.39, 0.29) is 0 Å². The molecular weight excluding hydrogens is 468 g/mol. The van der Waals surface area contributed by atoms with Crippen molar-refractivity contribution in [1.82, 2.24) is 31.9 Å². The second-order valence-electron chi connectivity index (χ2n) is 9.06. The molecule has 0 saturated carbocycles. The quantitative estimate of drug-likeness (QED) is 0.272. The molecule has 5 fully saturated rings. The third-order valence-electron chi connectivity index (χ3n) is 5.31. The Bertz CT molecular complexity index is 331. The Morgan fingerprint density at radius 1 is 0.529 bits per heavy atom. The van der Waals surface area contributed by atoms with Crippen LogP contribution in [-0.2, 0) is 9.47 Å². The molecule has 5 heterocycles. The monoisotopic (exact) mass is 522 g/mol. The molecule has 4 atom stereocenters. The Balaban J connectivity index is 0.000000214. The van der Waals surface area contributed by atoms with Gasteiger partial charge in [0.25, 0.3) is 0 Å². The SMILES string of the molecule is C1CNCCN1.C1COCCN1.C1CSCCN1.C[C@@H]1CNC[C@H](C)O1.C[C@@H]1CNC[C@H](C)S1. The summed E-state index contributed by atoms with van der Waals surface area (Å²) in [5.41, 5.74) is 0. The number of thioether (sulfide) groups is 2. The van der Waals surface area contributed by atoms with Crippen molar-refractivity contribution in [3.8, 4) is 0 Å². The van der Waals surface area contributed by atoms with E-state index in [0.29, 0.717) is 12.2 Å². The Morgan fingerprint density at radius 2 is 0.971 bits per heavy atom. The highest BCUT2D eigenvalue weighted by molar-refractivity contribution is 8.00. The van der Waals surface area contributed by atoms with E-state index in [9.17, 15) is 0 Å². The van der Waals surface area contributed by atoms with Crippen LogP contribution in [0.4, 0.5) is 0 Å². The van der Waals surface area contributed by atoms with Crippen molar-refractivity contribution in [3.05, 3.63) is 0 Å². The first-order valence-corrected chi connectivity index (χ1v) is 15.4. The first-order chi connectivity index (χ1) is 16.6. The van der Waals surface area contributed by atoms with E-state index in [0.717, 1.165) is 76.1 Å². The molecule has 0 aliphatic carbocycles. The summed E-state index contributed by atoms with van der Waals surface area (Å²) in [6.45, 7) is 23.9. The molecule has 10 heteroatoms. The van der Waals surface area contributed by atoms with Gasteiger partial charge < -0.3 is 41.4 Å². The first kappa shape index (κ1) is 32.4. The summed E-state index contributed by atoms with van der Waals surface area (Å²) in [4.78, 5) is 0. The van der Waals surface area contributed by atoms with Gasteiger partial charge in [-0.2, -0.15) is 23.5 Å². The number of morpholine rings is 2. The van der Waals surface area contributed by atoms with Crippen LogP contribution in [0.3, 0.4) is 0 Å². The second kappa shape index (κ2) is 23.8. The van der Waals surface area contributed by atoms with Crippen LogP contribution in [0.25, 0.3) is 0 Å². The van der Waals surface area contributed by atoms with Gasteiger partial charge in [-0.25, -0.2) is 0 Å². The summed E-state index contributed by atoms with van der Waals surface area (Å²) in [6.07, 6.45) is 0.803. The van der Waals surface area contributed by atoms with Crippen molar-refractivity contribution in [2.45, 2.75) is 50.4 Å². The maximum absolute atomic E-state index is 5.42. The summed E-state index contributed by atoms with van der Waals surface area (Å²) in [7, 11) is 0. The van der Waals surface area contributed by atoms with E-state index in [1.807, 2.05) is 11.8 Å². The smallest absolute Gasteiger partial charge is 0.0675 e. The highest BCUT2D eigenvalue weighted by Crippen LogP contribution is 2.19. The molecule has 5 saturated heterocycles. The average molecular weight is 523 g/mol. The molecule has 0 unspecified atom stereocenters. The Morgan fingerprint density at radius 3 is 1.18 bits per heavy atom. The third-order valence-corrected chi connectivity index (χ3v) is 7.55. The number of ether oxygens (including phenoxy) is 2. The molecule has 0 amide bonds. The van der Waals surface area contributed by atoms with E-state index >= 15 is 0 Å². The minimum atomic E-state index is 0.402. The number of nitrogens with one attached hydrogen (secondary N) is 6. The molecule has 5 rings (SSSR count). The molecule has 204 valence electrons. The maximum atomic E-state index is 5.42. The van der Waals surface area contributed by atoms with E-state index < -0.39 is 0 Å². The zero-order valence-corrected chi connectivity index (χ0v) is 23.9. The van der Waals surface area contributed by atoms with Crippen LogP contribution < -0.4 is 31.9 Å². The fraction of sp³-hybridized carbons (Fsp3) is 1.00. The van der Waals surface area contributed by atoms with Gasteiger partial charge in [0.15, 0.2) is 0 Å². The van der Waals surface area contributed by atoms with Gasteiger partial charge in [0.1, 0.15) is 0 Å². The first-order valence-electron chi connectivity index (χ1n) is 13.3. The lowest BCUT2D eigenvalue weighted by Gasteiger charge is -2.25. The van der Waals surface area contributed by atoms with Crippen molar-refractivity contribution in [2.75, 3.05) is 103 Å². The Kier molecular flexibility index (Phi) is 22.6. The van der Waals surface area contributed by atoms with Crippen LogP contribution in [0, 0.1) is 0 Å². The van der Waals surface area contributed by atoms with Crippen molar-refractivity contribution >= 4 is 23.5 Å². The van der Waals surface area contributed by atoms with Gasteiger partial charge in [0.05, 0.1) is 25.4 Å². The molecule has 6 N–H and O–H groups in total. The van der Waals surface area contributed by atoms with Crippen molar-refractivity contribution in [1.29, 1.82) is 0 Å². The van der Waals surface area contributed by atoms with Gasteiger partial charge in [-0.3, -0.25) is 0 Å². The molecular formula is C24H54N6O2S2. The van der Waals surface area contributed by atoms with E-state index in [1.165, 1.54) is 37.7 Å². The van der Waals surface area contributed by atoms with Gasteiger partial charge >= 0.3 is 0 Å². The molecule has 5 aliphatic heterocycles. The van der Waals surface area contributed by atoms with Crippen LogP contribution in [0.15, 0.2) is 0 Å². The summed E-state index contributed by atoms with van der Waals surface area (Å²) in [5.74, 6) is 2.61. The topological polar surface area (TPSA) is 90.6 Å². The summed E-state index contributed by atoms with van der Waals surface area (Å²) < 4.78 is 10.4. The molecule has 8 nitrogen and oxygen atoms in total. The van der Waals surface area contributed by atoms with Gasteiger partial charge in [-0.1, -0.05) is 13.8 Å². The van der Waals surface area contributed by atoms with Crippen molar-refractivity contribution in [3.63, 3.8) is 0 Å². The van der Waals surface area contributed by atoms with Crippen LogP contribution in [0.2, 0.25) is 0 Å². The molecule has 0 bridgehead atoms. The van der Waals surface area contributed by atoms with Gasteiger partial charge in [0, 0.05) is 101 Å². The largest absolute Gasteiger partial charge is 0.379 e. The average Bonchev–Trinajstić information content (AvgIpc) is 2.88. The number of hydrogen-bond donors (Lipinski definition) is 6.